The van der Waals surface area contributed by atoms with Crippen molar-refractivity contribution in [3.05, 3.63) is 63.7 Å². The van der Waals surface area contributed by atoms with Crippen molar-refractivity contribution in [2.45, 2.75) is 26.8 Å². The van der Waals surface area contributed by atoms with Crippen LogP contribution in [0.2, 0.25) is 0 Å². The summed E-state index contributed by atoms with van der Waals surface area (Å²) in [5.74, 6) is 0.203. The molecule has 1 atom stereocenters. The van der Waals surface area contributed by atoms with E-state index in [0.717, 1.165) is 15.7 Å². The molecule has 152 valence electrons. The molecule has 0 saturated heterocycles. The van der Waals surface area contributed by atoms with E-state index in [4.69, 9.17) is 4.52 Å². The molecule has 0 fully saturated rings. The van der Waals surface area contributed by atoms with E-state index < -0.39 is 0 Å². The molecule has 3 rings (SSSR count). The van der Waals surface area contributed by atoms with Gasteiger partial charge in [0.2, 0.25) is 17.6 Å². The number of halogens is 2. The van der Waals surface area contributed by atoms with E-state index in [-0.39, 0.29) is 24.3 Å². The number of hydrogen-bond donors (Lipinski definition) is 1. The second-order valence-corrected chi connectivity index (χ2v) is 7.93. The average Bonchev–Trinajstić information content (AvgIpc) is 3.15. The number of hydrogen-bond acceptors (Lipinski definition) is 5. The predicted molar refractivity (Wildman–Crippen MR) is 113 cm³/mol. The number of benzene rings is 2. The van der Waals surface area contributed by atoms with Crippen LogP contribution in [0.25, 0.3) is 11.4 Å². The summed E-state index contributed by atoms with van der Waals surface area (Å²) in [6.45, 7) is 5.64. The summed E-state index contributed by atoms with van der Waals surface area (Å²) >= 11 is 3.41. The monoisotopic (exact) mass is 460 g/mol. The number of nitrogens with one attached hydrogen (secondary N) is 1. The molecule has 1 heterocycles. The Bertz CT molecular complexity index is 1040. The number of likely N-dealkylation sites (N-methyl/N-ethyl adjacent to an activating group) is 1. The molecule has 0 bridgehead atoms. The van der Waals surface area contributed by atoms with Gasteiger partial charge >= 0.3 is 0 Å². The lowest BCUT2D eigenvalue weighted by Crippen LogP contribution is -2.32. The number of carbonyl (C=O) groups is 1. The highest BCUT2D eigenvalue weighted by Gasteiger charge is 2.21. The first-order valence-electron chi connectivity index (χ1n) is 9.11. The SMILES string of the molecule is Cc1ccc(-c2noc(C(C)N(C)CC(=O)Nc3ccc(Br)cc3C)n2)cc1F. The summed E-state index contributed by atoms with van der Waals surface area (Å²) in [6, 6.07) is 10.2. The quantitative estimate of drug-likeness (QED) is 0.566. The number of aryl methyl sites for hydroxylation is 2. The maximum Gasteiger partial charge on any atom is 0.244 e. The molecule has 29 heavy (non-hydrogen) atoms. The van der Waals surface area contributed by atoms with Crippen molar-refractivity contribution in [3.63, 3.8) is 0 Å². The average molecular weight is 461 g/mol. The molecule has 0 saturated carbocycles. The van der Waals surface area contributed by atoms with Gasteiger partial charge in [-0.05, 0) is 63.2 Å². The Labute approximate surface area is 177 Å². The van der Waals surface area contributed by atoms with Crippen LogP contribution in [0.3, 0.4) is 0 Å². The third-order valence-corrected chi connectivity index (χ3v) is 5.24. The molecular weight excluding hydrogens is 439 g/mol. The fourth-order valence-electron chi connectivity index (χ4n) is 2.76. The van der Waals surface area contributed by atoms with Gasteiger partial charge in [0.15, 0.2) is 0 Å². The Morgan fingerprint density at radius 3 is 2.69 bits per heavy atom. The van der Waals surface area contributed by atoms with Crippen LogP contribution in [-0.2, 0) is 4.79 Å². The fourth-order valence-corrected chi connectivity index (χ4v) is 3.24. The Kier molecular flexibility index (Phi) is 6.44. The van der Waals surface area contributed by atoms with Crippen molar-refractivity contribution in [2.75, 3.05) is 18.9 Å². The van der Waals surface area contributed by atoms with Crippen LogP contribution >= 0.6 is 15.9 Å². The minimum atomic E-state index is -0.320. The van der Waals surface area contributed by atoms with Gasteiger partial charge in [0.05, 0.1) is 12.6 Å². The van der Waals surface area contributed by atoms with Crippen LogP contribution in [0.5, 0.6) is 0 Å². The highest BCUT2D eigenvalue weighted by Crippen LogP contribution is 2.24. The van der Waals surface area contributed by atoms with E-state index in [1.807, 2.05) is 32.0 Å². The second kappa shape index (κ2) is 8.84. The normalized spacial score (nSPS) is 12.2. The van der Waals surface area contributed by atoms with E-state index in [9.17, 15) is 9.18 Å². The second-order valence-electron chi connectivity index (χ2n) is 7.02. The van der Waals surface area contributed by atoms with E-state index >= 15 is 0 Å². The van der Waals surface area contributed by atoms with Crippen LogP contribution < -0.4 is 5.32 Å². The molecule has 1 unspecified atom stereocenters. The molecular formula is C21H22BrFN4O2. The molecule has 1 N–H and O–H groups in total. The Hall–Kier alpha value is -2.58. The largest absolute Gasteiger partial charge is 0.337 e. The van der Waals surface area contributed by atoms with Gasteiger partial charge in [-0.3, -0.25) is 9.69 Å². The van der Waals surface area contributed by atoms with Crippen molar-refractivity contribution in [2.24, 2.45) is 0 Å². The molecule has 1 aromatic heterocycles. The van der Waals surface area contributed by atoms with Crippen molar-refractivity contribution in [1.29, 1.82) is 0 Å². The van der Waals surface area contributed by atoms with Gasteiger partial charge in [0.25, 0.3) is 0 Å². The van der Waals surface area contributed by atoms with E-state index in [1.165, 1.54) is 6.07 Å². The molecule has 0 aliphatic heterocycles. The van der Waals surface area contributed by atoms with Gasteiger partial charge in [-0.15, -0.1) is 0 Å². The summed E-state index contributed by atoms with van der Waals surface area (Å²) in [4.78, 5) is 18.6. The molecule has 0 radical (unpaired) electrons. The van der Waals surface area contributed by atoms with Gasteiger partial charge in [-0.1, -0.05) is 33.2 Å². The minimum absolute atomic E-state index is 0.146. The fraction of sp³-hybridized carbons (Fsp3) is 0.286. The number of aromatic nitrogens is 2. The third-order valence-electron chi connectivity index (χ3n) is 4.75. The lowest BCUT2D eigenvalue weighted by atomic mass is 10.1. The first-order chi connectivity index (χ1) is 13.7. The van der Waals surface area contributed by atoms with Crippen molar-refractivity contribution >= 4 is 27.5 Å². The number of anilines is 1. The molecule has 0 aliphatic carbocycles. The Balaban J connectivity index is 1.65. The molecule has 2 aromatic carbocycles. The van der Waals surface area contributed by atoms with Crippen molar-refractivity contribution < 1.29 is 13.7 Å². The molecule has 8 heteroatoms. The Morgan fingerprint density at radius 1 is 1.24 bits per heavy atom. The van der Waals surface area contributed by atoms with Crippen LogP contribution in [0.4, 0.5) is 10.1 Å². The lowest BCUT2D eigenvalue weighted by Gasteiger charge is -2.21. The van der Waals surface area contributed by atoms with Crippen LogP contribution in [-0.4, -0.2) is 34.5 Å². The lowest BCUT2D eigenvalue weighted by molar-refractivity contribution is -0.117. The predicted octanol–water partition coefficient (Wildman–Crippen LogP) is 4.89. The standard InChI is InChI=1S/C21H22BrFN4O2/c1-12-5-6-15(10-17(12)23)20-25-21(29-26-20)14(3)27(4)11-19(28)24-18-8-7-16(22)9-13(18)2/h5-10,14H,11H2,1-4H3,(H,24,28). The van der Waals surface area contributed by atoms with Crippen LogP contribution in [0.15, 0.2) is 45.4 Å². The van der Waals surface area contributed by atoms with Gasteiger partial charge < -0.3 is 9.84 Å². The smallest absolute Gasteiger partial charge is 0.244 e. The first-order valence-corrected chi connectivity index (χ1v) is 9.90. The summed E-state index contributed by atoms with van der Waals surface area (Å²) in [6.07, 6.45) is 0. The number of amides is 1. The zero-order valence-electron chi connectivity index (χ0n) is 16.7. The zero-order chi connectivity index (χ0) is 21.1. The first kappa shape index (κ1) is 21.1. The molecule has 1 amide bonds. The number of carbonyl (C=O) groups excluding carboxylic acids is 1. The summed E-state index contributed by atoms with van der Waals surface area (Å²) in [5, 5.41) is 6.85. The maximum atomic E-state index is 13.8. The Morgan fingerprint density at radius 2 is 2.00 bits per heavy atom. The summed E-state index contributed by atoms with van der Waals surface area (Å²) < 4.78 is 20.1. The van der Waals surface area contributed by atoms with E-state index in [2.05, 4.69) is 31.4 Å². The van der Waals surface area contributed by atoms with Gasteiger partial charge in [0, 0.05) is 15.7 Å². The van der Waals surface area contributed by atoms with Gasteiger partial charge in [0.1, 0.15) is 5.82 Å². The minimum Gasteiger partial charge on any atom is -0.337 e. The topological polar surface area (TPSA) is 71.3 Å². The number of nitrogens with zero attached hydrogens (tertiary/aromatic N) is 3. The van der Waals surface area contributed by atoms with Crippen molar-refractivity contribution in [1.82, 2.24) is 15.0 Å². The van der Waals surface area contributed by atoms with Gasteiger partial charge in [-0.25, -0.2) is 4.39 Å². The van der Waals surface area contributed by atoms with E-state index in [1.54, 1.807) is 31.0 Å². The van der Waals surface area contributed by atoms with Crippen molar-refractivity contribution in [3.8, 4) is 11.4 Å². The molecule has 6 nitrogen and oxygen atoms in total. The molecule has 3 aromatic rings. The molecule has 0 spiro atoms. The number of rotatable bonds is 6. The highest BCUT2D eigenvalue weighted by molar-refractivity contribution is 9.10. The maximum absolute atomic E-state index is 13.8. The zero-order valence-corrected chi connectivity index (χ0v) is 18.2. The third kappa shape index (κ3) is 5.07. The summed E-state index contributed by atoms with van der Waals surface area (Å²) in [7, 11) is 1.80. The van der Waals surface area contributed by atoms with Crippen LogP contribution in [0.1, 0.15) is 30.0 Å². The van der Waals surface area contributed by atoms with Crippen LogP contribution in [0, 0.1) is 19.7 Å². The molecule has 0 aliphatic rings. The van der Waals surface area contributed by atoms with Gasteiger partial charge in [-0.2, -0.15) is 4.98 Å². The van der Waals surface area contributed by atoms with E-state index in [0.29, 0.717) is 22.8 Å². The highest BCUT2D eigenvalue weighted by atomic mass is 79.9. The summed E-state index contributed by atoms with van der Waals surface area (Å²) in [5.41, 5.74) is 2.83.